The van der Waals surface area contributed by atoms with Gasteiger partial charge in [0.1, 0.15) is 11.6 Å². The third-order valence-corrected chi connectivity index (χ3v) is 3.53. The van der Waals surface area contributed by atoms with Crippen LogP contribution in [0.1, 0.15) is 28.3 Å². The Morgan fingerprint density at radius 3 is 2.71 bits per heavy atom. The quantitative estimate of drug-likeness (QED) is 0.921. The van der Waals surface area contributed by atoms with Crippen LogP contribution in [-0.4, -0.2) is 11.7 Å². The number of halogens is 2. The minimum atomic E-state index is -0.720. The number of nitrogens with one attached hydrogen (secondary N) is 1. The first-order chi connectivity index (χ1) is 10.1. The number of amides is 1. The van der Waals surface area contributed by atoms with Gasteiger partial charge in [0.05, 0.1) is 11.6 Å². The summed E-state index contributed by atoms with van der Waals surface area (Å²) in [5, 5.41) is 2.35. The molecule has 0 aromatic heterocycles. The first-order valence-corrected chi connectivity index (χ1v) is 6.44. The zero-order valence-electron chi connectivity index (χ0n) is 10.9. The van der Waals surface area contributed by atoms with Gasteiger partial charge in [0.2, 0.25) is 5.91 Å². The number of carbonyl (C=O) groups is 2. The Hall–Kier alpha value is -2.56. The predicted octanol–water partition coefficient (Wildman–Crippen LogP) is 3.27. The van der Waals surface area contributed by atoms with Crippen molar-refractivity contribution >= 4 is 17.4 Å². The summed E-state index contributed by atoms with van der Waals surface area (Å²) in [7, 11) is 0. The molecular formula is C16H11F2NO2. The summed E-state index contributed by atoms with van der Waals surface area (Å²) in [6.45, 7) is 0. The fraction of sp³-hybridized carbons (Fsp3) is 0.125. The van der Waals surface area contributed by atoms with Gasteiger partial charge in [-0.15, -0.1) is 0 Å². The average Bonchev–Trinajstić information content (AvgIpc) is 2.81. The van der Waals surface area contributed by atoms with E-state index in [9.17, 15) is 18.4 Å². The second-order valence-corrected chi connectivity index (χ2v) is 4.88. The molecule has 3 rings (SSSR count). The second-order valence-electron chi connectivity index (χ2n) is 4.88. The molecule has 0 saturated heterocycles. The van der Waals surface area contributed by atoms with E-state index in [1.54, 1.807) is 24.3 Å². The molecule has 1 amide bonds. The van der Waals surface area contributed by atoms with Crippen LogP contribution >= 0.6 is 0 Å². The Morgan fingerprint density at radius 2 is 1.90 bits per heavy atom. The second kappa shape index (κ2) is 5.09. The highest BCUT2D eigenvalue weighted by molar-refractivity contribution is 6.09. The van der Waals surface area contributed by atoms with Crippen molar-refractivity contribution in [2.24, 2.45) is 0 Å². The predicted molar refractivity (Wildman–Crippen MR) is 73.1 cm³/mol. The van der Waals surface area contributed by atoms with Gasteiger partial charge in [-0.3, -0.25) is 9.59 Å². The van der Waals surface area contributed by atoms with E-state index < -0.39 is 23.5 Å². The van der Waals surface area contributed by atoms with Crippen LogP contribution in [0.4, 0.5) is 14.5 Å². The number of anilines is 1. The maximum atomic E-state index is 13.5. The van der Waals surface area contributed by atoms with Gasteiger partial charge in [0.15, 0.2) is 5.78 Å². The van der Waals surface area contributed by atoms with Crippen molar-refractivity contribution < 1.29 is 18.4 Å². The monoisotopic (exact) mass is 287 g/mol. The lowest BCUT2D eigenvalue weighted by Gasteiger charge is -2.12. The average molecular weight is 287 g/mol. The van der Waals surface area contributed by atoms with Gasteiger partial charge in [0.25, 0.3) is 0 Å². The summed E-state index contributed by atoms with van der Waals surface area (Å²) < 4.78 is 26.6. The van der Waals surface area contributed by atoms with Gasteiger partial charge in [-0.05, 0) is 17.7 Å². The first kappa shape index (κ1) is 13.4. The summed E-state index contributed by atoms with van der Waals surface area (Å²) in [4.78, 5) is 24.1. The molecule has 0 aliphatic heterocycles. The Balaban J connectivity index is 1.87. The Morgan fingerprint density at radius 1 is 1.14 bits per heavy atom. The zero-order valence-corrected chi connectivity index (χ0v) is 10.9. The minimum absolute atomic E-state index is 0.0438. The van der Waals surface area contributed by atoms with Gasteiger partial charge >= 0.3 is 0 Å². The largest absolute Gasteiger partial charge is 0.323 e. The van der Waals surface area contributed by atoms with Crippen molar-refractivity contribution in [1.29, 1.82) is 0 Å². The Bertz CT molecular complexity index is 743. The van der Waals surface area contributed by atoms with Crippen molar-refractivity contribution in [3.63, 3.8) is 0 Å². The smallest absolute Gasteiger partial charge is 0.232 e. The lowest BCUT2D eigenvalue weighted by Crippen LogP contribution is -2.20. The Labute approximate surface area is 119 Å². The van der Waals surface area contributed by atoms with Crippen molar-refractivity contribution in [1.82, 2.24) is 0 Å². The highest BCUT2D eigenvalue weighted by atomic mass is 19.1. The molecule has 0 bridgehead atoms. The van der Waals surface area contributed by atoms with Crippen molar-refractivity contribution in [2.75, 3.05) is 5.32 Å². The van der Waals surface area contributed by atoms with E-state index in [-0.39, 0.29) is 17.9 Å². The molecule has 1 aliphatic carbocycles. The molecular weight excluding hydrogens is 276 g/mol. The van der Waals surface area contributed by atoms with Gasteiger partial charge in [-0.2, -0.15) is 0 Å². The molecule has 2 aromatic rings. The molecule has 1 N–H and O–H groups in total. The number of ketones is 1. The molecule has 5 heteroatoms. The van der Waals surface area contributed by atoms with Crippen LogP contribution in [0.3, 0.4) is 0 Å². The van der Waals surface area contributed by atoms with E-state index in [1.165, 1.54) is 0 Å². The van der Waals surface area contributed by atoms with E-state index in [0.29, 0.717) is 11.1 Å². The molecule has 0 fully saturated rings. The van der Waals surface area contributed by atoms with E-state index in [1.807, 2.05) is 0 Å². The summed E-state index contributed by atoms with van der Waals surface area (Å²) in [6.07, 6.45) is 0.0438. The molecule has 0 saturated carbocycles. The van der Waals surface area contributed by atoms with E-state index in [4.69, 9.17) is 0 Å². The van der Waals surface area contributed by atoms with Crippen molar-refractivity contribution in [3.8, 4) is 0 Å². The third kappa shape index (κ3) is 2.42. The number of hydrogen-bond acceptors (Lipinski definition) is 2. The van der Waals surface area contributed by atoms with E-state index in [0.717, 1.165) is 18.2 Å². The van der Waals surface area contributed by atoms with Crippen LogP contribution < -0.4 is 5.32 Å². The molecule has 1 atom stereocenters. The lowest BCUT2D eigenvalue weighted by molar-refractivity contribution is -0.117. The van der Waals surface area contributed by atoms with Gasteiger partial charge in [-0.25, -0.2) is 8.78 Å². The summed E-state index contributed by atoms with van der Waals surface area (Å²) in [5.74, 6) is -2.67. The summed E-state index contributed by atoms with van der Waals surface area (Å²) in [5.41, 5.74) is 0.908. The molecule has 0 spiro atoms. The van der Waals surface area contributed by atoms with Gasteiger partial charge < -0.3 is 5.32 Å². The normalized spacial score (nSPS) is 16.7. The van der Waals surface area contributed by atoms with E-state index >= 15 is 0 Å². The SMILES string of the molecule is O=C1C[C@@H](C(=O)Nc2cc(F)ccc2F)c2ccccc21. The van der Waals surface area contributed by atoms with E-state index in [2.05, 4.69) is 5.32 Å². The number of rotatable bonds is 2. The molecule has 21 heavy (non-hydrogen) atoms. The fourth-order valence-electron chi connectivity index (χ4n) is 2.51. The van der Waals surface area contributed by atoms with Crippen LogP contribution in [0.5, 0.6) is 0 Å². The van der Waals surface area contributed by atoms with Crippen LogP contribution in [0.25, 0.3) is 0 Å². The number of carbonyl (C=O) groups excluding carboxylic acids is 2. The Kier molecular flexibility index (Phi) is 3.25. The topological polar surface area (TPSA) is 46.2 Å². The number of fused-ring (bicyclic) bond motifs is 1. The molecule has 106 valence electrons. The molecule has 2 aromatic carbocycles. The van der Waals surface area contributed by atoms with Gasteiger partial charge in [-0.1, -0.05) is 24.3 Å². The van der Waals surface area contributed by atoms with Crippen LogP contribution in [0.2, 0.25) is 0 Å². The minimum Gasteiger partial charge on any atom is -0.323 e. The van der Waals surface area contributed by atoms with Crippen LogP contribution in [-0.2, 0) is 4.79 Å². The standard InChI is InChI=1S/C16H11F2NO2/c17-9-5-6-13(18)14(7-9)19-16(21)12-8-15(20)11-4-2-1-3-10(11)12/h1-7,12H,8H2,(H,19,21)/t12-/m1/s1. The molecule has 1 aliphatic rings. The maximum Gasteiger partial charge on any atom is 0.232 e. The highest BCUT2D eigenvalue weighted by Gasteiger charge is 2.34. The van der Waals surface area contributed by atoms with Crippen molar-refractivity contribution in [3.05, 3.63) is 65.2 Å². The summed E-state index contributed by atoms with van der Waals surface area (Å²) >= 11 is 0. The number of benzene rings is 2. The maximum absolute atomic E-state index is 13.5. The number of Topliss-reactive ketones (excluding diaryl/α,β-unsaturated/α-hetero) is 1. The third-order valence-electron chi connectivity index (χ3n) is 3.53. The molecule has 0 unspecified atom stereocenters. The number of hydrogen-bond donors (Lipinski definition) is 1. The molecule has 3 nitrogen and oxygen atoms in total. The van der Waals surface area contributed by atoms with Gasteiger partial charge in [0, 0.05) is 18.1 Å². The fourth-order valence-corrected chi connectivity index (χ4v) is 2.51. The molecule has 0 heterocycles. The first-order valence-electron chi connectivity index (χ1n) is 6.44. The van der Waals surface area contributed by atoms with Crippen LogP contribution in [0, 0.1) is 11.6 Å². The lowest BCUT2D eigenvalue weighted by atomic mass is 10.0. The van der Waals surface area contributed by atoms with Crippen LogP contribution in [0.15, 0.2) is 42.5 Å². The highest BCUT2D eigenvalue weighted by Crippen LogP contribution is 2.34. The zero-order chi connectivity index (χ0) is 15.0. The summed E-state index contributed by atoms with van der Waals surface area (Å²) in [6, 6.07) is 9.65. The molecule has 0 radical (unpaired) electrons. The van der Waals surface area contributed by atoms with Crippen molar-refractivity contribution in [2.45, 2.75) is 12.3 Å².